The van der Waals surface area contributed by atoms with Crippen LogP contribution in [0.3, 0.4) is 0 Å². The van der Waals surface area contributed by atoms with Gasteiger partial charge in [-0.25, -0.2) is 0 Å². The highest BCUT2D eigenvalue weighted by Gasteiger charge is 2.22. The summed E-state index contributed by atoms with van der Waals surface area (Å²) >= 11 is 0. The SMILES string of the molecule is CCC(CC)CN(CC)C(=O)c1cc(-c2cc(OC)ccc2OC)on1. The summed E-state index contributed by atoms with van der Waals surface area (Å²) in [7, 11) is 3.18. The summed E-state index contributed by atoms with van der Waals surface area (Å²) in [5.41, 5.74) is 0.999. The van der Waals surface area contributed by atoms with E-state index >= 15 is 0 Å². The first-order chi connectivity index (χ1) is 12.6. The molecule has 142 valence electrons. The Bertz CT molecular complexity index is 722. The molecule has 0 aliphatic carbocycles. The number of carbonyl (C=O) groups excluding carboxylic acids is 1. The van der Waals surface area contributed by atoms with E-state index in [9.17, 15) is 4.79 Å². The van der Waals surface area contributed by atoms with Crippen LogP contribution in [-0.2, 0) is 0 Å². The van der Waals surface area contributed by atoms with Gasteiger partial charge in [0.25, 0.3) is 5.91 Å². The fraction of sp³-hybridized carbons (Fsp3) is 0.500. The van der Waals surface area contributed by atoms with Crippen LogP contribution in [0.1, 0.15) is 44.1 Å². The summed E-state index contributed by atoms with van der Waals surface area (Å²) in [6.45, 7) is 7.64. The van der Waals surface area contributed by atoms with E-state index in [1.165, 1.54) is 0 Å². The maximum absolute atomic E-state index is 12.8. The van der Waals surface area contributed by atoms with Crippen LogP contribution in [0.25, 0.3) is 11.3 Å². The summed E-state index contributed by atoms with van der Waals surface area (Å²) in [6.07, 6.45) is 2.09. The Hall–Kier alpha value is -2.50. The Morgan fingerprint density at radius 2 is 1.88 bits per heavy atom. The Kier molecular flexibility index (Phi) is 7.06. The van der Waals surface area contributed by atoms with Gasteiger partial charge in [-0.05, 0) is 31.0 Å². The zero-order chi connectivity index (χ0) is 19.1. The first-order valence-electron chi connectivity index (χ1n) is 9.06. The zero-order valence-electron chi connectivity index (χ0n) is 16.2. The quantitative estimate of drug-likeness (QED) is 0.668. The summed E-state index contributed by atoms with van der Waals surface area (Å²) in [5, 5.41) is 3.99. The Balaban J connectivity index is 2.27. The monoisotopic (exact) mass is 360 g/mol. The number of hydrogen-bond donors (Lipinski definition) is 0. The molecule has 1 aromatic heterocycles. The maximum atomic E-state index is 12.8. The van der Waals surface area contributed by atoms with Crippen LogP contribution in [0.4, 0.5) is 0 Å². The van der Waals surface area contributed by atoms with Gasteiger partial charge in [0.15, 0.2) is 11.5 Å². The van der Waals surface area contributed by atoms with Crippen LogP contribution in [0, 0.1) is 5.92 Å². The minimum atomic E-state index is -0.115. The summed E-state index contributed by atoms with van der Waals surface area (Å²) in [5.74, 6) is 2.15. The van der Waals surface area contributed by atoms with Gasteiger partial charge in [-0.1, -0.05) is 31.8 Å². The minimum absolute atomic E-state index is 0.115. The van der Waals surface area contributed by atoms with Crippen molar-refractivity contribution in [2.45, 2.75) is 33.6 Å². The number of methoxy groups -OCH3 is 2. The lowest BCUT2D eigenvalue weighted by atomic mass is 10.0. The highest BCUT2D eigenvalue weighted by atomic mass is 16.5. The van der Waals surface area contributed by atoms with Crippen molar-refractivity contribution in [3.8, 4) is 22.8 Å². The number of benzene rings is 1. The van der Waals surface area contributed by atoms with Gasteiger partial charge in [-0.2, -0.15) is 0 Å². The molecule has 0 spiro atoms. The number of carbonyl (C=O) groups is 1. The molecule has 26 heavy (non-hydrogen) atoms. The number of nitrogens with zero attached hydrogens (tertiary/aromatic N) is 2. The Morgan fingerprint density at radius 1 is 1.15 bits per heavy atom. The van der Waals surface area contributed by atoms with Crippen LogP contribution in [0.15, 0.2) is 28.8 Å². The lowest BCUT2D eigenvalue weighted by Crippen LogP contribution is -2.35. The van der Waals surface area contributed by atoms with E-state index in [-0.39, 0.29) is 5.91 Å². The van der Waals surface area contributed by atoms with Crippen molar-refractivity contribution < 1.29 is 18.8 Å². The number of rotatable bonds is 9. The first kappa shape index (κ1) is 19.8. The third kappa shape index (κ3) is 4.36. The Labute approximate surface area is 155 Å². The van der Waals surface area contributed by atoms with Crippen molar-refractivity contribution in [3.05, 3.63) is 30.0 Å². The summed E-state index contributed by atoms with van der Waals surface area (Å²) < 4.78 is 16.1. The topological polar surface area (TPSA) is 64.8 Å². The van der Waals surface area contributed by atoms with Gasteiger partial charge >= 0.3 is 0 Å². The molecule has 0 bridgehead atoms. The smallest absolute Gasteiger partial charge is 0.276 e. The molecule has 0 radical (unpaired) electrons. The third-order valence-electron chi connectivity index (χ3n) is 4.70. The largest absolute Gasteiger partial charge is 0.497 e. The zero-order valence-corrected chi connectivity index (χ0v) is 16.2. The van der Waals surface area contributed by atoms with E-state index in [4.69, 9.17) is 14.0 Å². The van der Waals surface area contributed by atoms with Gasteiger partial charge in [0.1, 0.15) is 11.5 Å². The van der Waals surface area contributed by atoms with Crippen LogP contribution in [-0.4, -0.2) is 43.3 Å². The molecule has 0 atom stereocenters. The number of hydrogen-bond acceptors (Lipinski definition) is 5. The fourth-order valence-corrected chi connectivity index (χ4v) is 2.89. The maximum Gasteiger partial charge on any atom is 0.276 e. The second kappa shape index (κ2) is 9.27. The molecule has 0 saturated heterocycles. The van der Waals surface area contributed by atoms with Gasteiger partial charge in [-0.15, -0.1) is 0 Å². The second-order valence-electron chi connectivity index (χ2n) is 6.17. The van der Waals surface area contributed by atoms with E-state index < -0.39 is 0 Å². The van der Waals surface area contributed by atoms with Crippen molar-refractivity contribution >= 4 is 5.91 Å². The molecule has 6 nitrogen and oxygen atoms in total. The average molecular weight is 360 g/mol. The lowest BCUT2D eigenvalue weighted by Gasteiger charge is -2.24. The Morgan fingerprint density at radius 3 is 2.46 bits per heavy atom. The third-order valence-corrected chi connectivity index (χ3v) is 4.70. The molecular weight excluding hydrogens is 332 g/mol. The minimum Gasteiger partial charge on any atom is -0.497 e. The van der Waals surface area contributed by atoms with Gasteiger partial charge in [0.05, 0.1) is 19.8 Å². The highest BCUT2D eigenvalue weighted by Crippen LogP contribution is 2.34. The van der Waals surface area contributed by atoms with Gasteiger partial charge in [0.2, 0.25) is 0 Å². The number of ether oxygens (including phenoxy) is 2. The fourth-order valence-electron chi connectivity index (χ4n) is 2.89. The van der Waals surface area contributed by atoms with Crippen LogP contribution in [0.5, 0.6) is 11.5 Å². The van der Waals surface area contributed by atoms with E-state index in [0.717, 1.165) is 19.4 Å². The second-order valence-corrected chi connectivity index (χ2v) is 6.17. The van der Waals surface area contributed by atoms with Crippen LogP contribution in [0.2, 0.25) is 0 Å². The van der Waals surface area contributed by atoms with E-state index in [1.54, 1.807) is 38.5 Å². The molecule has 1 aromatic carbocycles. The standard InChI is InChI=1S/C20H28N2O4/c1-6-14(7-2)13-22(8-3)20(23)17-12-19(26-21-17)16-11-15(24-4)9-10-18(16)25-5/h9-12,14H,6-8,13H2,1-5H3. The van der Waals surface area contributed by atoms with E-state index in [2.05, 4.69) is 19.0 Å². The van der Waals surface area contributed by atoms with Crippen LogP contribution >= 0.6 is 0 Å². The molecular formula is C20H28N2O4. The van der Waals surface area contributed by atoms with E-state index in [0.29, 0.717) is 41.0 Å². The average Bonchev–Trinajstić information content (AvgIpc) is 3.18. The molecule has 0 unspecified atom stereocenters. The lowest BCUT2D eigenvalue weighted by molar-refractivity contribution is 0.0724. The van der Waals surface area contributed by atoms with E-state index in [1.807, 2.05) is 11.8 Å². The van der Waals surface area contributed by atoms with Crippen molar-refractivity contribution in [2.75, 3.05) is 27.3 Å². The number of amides is 1. The summed E-state index contributed by atoms with van der Waals surface area (Å²) in [4.78, 5) is 14.6. The normalized spacial score (nSPS) is 10.8. The predicted octanol–water partition coefficient (Wildman–Crippen LogP) is 4.26. The van der Waals surface area contributed by atoms with Crippen molar-refractivity contribution in [1.82, 2.24) is 10.1 Å². The molecule has 0 saturated carbocycles. The molecule has 1 heterocycles. The number of aromatic nitrogens is 1. The van der Waals surface area contributed by atoms with Crippen molar-refractivity contribution in [2.24, 2.45) is 5.92 Å². The summed E-state index contributed by atoms with van der Waals surface area (Å²) in [6, 6.07) is 7.06. The van der Waals surface area contributed by atoms with Crippen molar-refractivity contribution in [3.63, 3.8) is 0 Å². The molecule has 0 fully saturated rings. The molecule has 2 rings (SSSR count). The van der Waals surface area contributed by atoms with Gasteiger partial charge < -0.3 is 18.9 Å². The molecule has 0 N–H and O–H groups in total. The molecule has 1 amide bonds. The first-order valence-corrected chi connectivity index (χ1v) is 9.06. The molecule has 2 aromatic rings. The predicted molar refractivity (Wildman–Crippen MR) is 101 cm³/mol. The molecule has 6 heteroatoms. The van der Waals surface area contributed by atoms with Gasteiger partial charge in [-0.3, -0.25) is 4.79 Å². The van der Waals surface area contributed by atoms with Crippen LogP contribution < -0.4 is 9.47 Å². The molecule has 0 aliphatic rings. The molecule has 0 aliphatic heterocycles. The van der Waals surface area contributed by atoms with Gasteiger partial charge in [0, 0.05) is 19.2 Å². The van der Waals surface area contributed by atoms with Crippen molar-refractivity contribution in [1.29, 1.82) is 0 Å². The highest BCUT2D eigenvalue weighted by molar-refractivity contribution is 5.93.